The molecule has 34 heavy (non-hydrogen) atoms. The van der Waals surface area contributed by atoms with Crippen LogP contribution in [0.4, 0.5) is 14.5 Å². The van der Waals surface area contributed by atoms with Crippen molar-refractivity contribution in [3.63, 3.8) is 0 Å². The van der Waals surface area contributed by atoms with E-state index in [1.807, 2.05) is 6.07 Å². The van der Waals surface area contributed by atoms with Crippen molar-refractivity contribution in [2.45, 2.75) is 11.6 Å². The Hall–Kier alpha value is -4.03. The number of carbonyl (C=O) groups is 1. The van der Waals surface area contributed by atoms with Crippen LogP contribution < -0.4 is 10.5 Å². The summed E-state index contributed by atoms with van der Waals surface area (Å²) in [5, 5.41) is 9.46. The zero-order valence-corrected chi connectivity index (χ0v) is 18.6. The molecule has 0 aliphatic rings. The molecule has 9 heteroatoms. The fourth-order valence-corrected chi connectivity index (χ4v) is 4.32. The van der Waals surface area contributed by atoms with E-state index in [9.17, 15) is 18.4 Å². The van der Waals surface area contributed by atoms with E-state index in [-0.39, 0.29) is 35.5 Å². The van der Waals surface area contributed by atoms with Crippen molar-refractivity contribution in [2.75, 3.05) is 17.2 Å². The molecular weight excluding hydrogens is 458 g/mol. The topological polar surface area (TPSA) is 79.0 Å². The van der Waals surface area contributed by atoms with Crippen LogP contribution in [-0.2, 0) is 4.79 Å². The third kappa shape index (κ3) is 4.82. The quantitative estimate of drug-likeness (QED) is 0.285. The van der Waals surface area contributed by atoms with Gasteiger partial charge in [0, 0.05) is 12.2 Å². The van der Waals surface area contributed by atoms with Crippen molar-refractivity contribution >= 4 is 34.3 Å². The predicted octanol–water partition coefficient (Wildman–Crippen LogP) is 4.70. The molecule has 3 aromatic carbocycles. The van der Waals surface area contributed by atoms with Gasteiger partial charge in [0.2, 0.25) is 5.91 Å². The highest BCUT2D eigenvalue weighted by molar-refractivity contribution is 7.99. The van der Waals surface area contributed by atoms with Gasteiger partial charge < -0.3 is 4.90 Å². The van der Waals surface area contributed by atoms with Crippen LogP contribution in [0.2, 0.25) is 0 Å². The molecule has 0 aliphatic heterocycles. The first-order chi connectivity index (χ1) is 16.5. The first-order valence-corrected chi connectivity index (χ1v) is 11.3. The lowest BCUT2D eigenvalue weighted by atomic mass is 10.2. The van der Waals surface area contributed by atoms with Crippen LogP contribution in [0.5, 0.6) is 0 Å². The summed E-state index contributed by atoms with van der Waals surface area (Å²) in [6.07, 6.45) is 0.0853. The van der Waals surface area contributed by atoms with E-state index in [4.69, 9.17) is 5.26 Å². The number of hydrogen-bond donors (Lipinski definition) is 0. The second kappa shape index (κ2) is 10.3. The molecule has 6 nitrogen and oxygen atoms in total. The summed E-state index contributed by atoms with van der Waals surface area (Å²) in [7, 11) is 0. The monoisotopic (exact) mass is 476 g/mol. The molecular formula is C25H18F2N4O2S. The second-order valence-electron chi connectivity index (χ2n) is 7.22. The number of rotatable bonds is 7. The Balaban J connectivity index is 1.71. The summed E-state index contributed by atoms with van der Waals surface area (Å²) in [5.41, 5.74) is 0.446. The van der Waals surface area contributed by atoms with Gasteiger partial charge >= 0.3 is 0 Å². The number of hydrogen-bond acceptors (Lipinski definition) is 5. The molecule has 0 saturated heterocycles. The van der Waals surface area contributed by atoms with Gasteiger partial charge in [0.15, 0.2) is 5.16 Å². The van der Waals surface area contributed by atoms with Crippen LogP contribution >= 0.6 is 11.8 Å². The smallest absolute Gasteiger partial charge is 0.266 e. The number of amides is 1. The average Bonchev–Trinajstić information content (AvgIpc) is 2.85. The second-order valence-corrected chi connectivity index (χ2v) is 8.16. The van der Waals surface area contributed by atoms with Crippen LogP contribution in [0, 0.1) is 23.0 Å². The number of halogens is 2. The molecule has 0 saturated carbocycles. The maximum absolute atomic E-state index is 14.6. The first kappa shape index (κ1) is 23.1. The predicted molar refractivity (Wildman–Crippen MR) is 127 cm³/mol. The summed E-state index contributed by atoms with van der Waals surface area (Å²) in [4.78, 5) is 32.2. The fourth-order valence-electron chi connectivity index (χ4n) is 3.44. The van der Waals surface area contributed by atoms with Gasteiger partial charge in [-0.3, -0.25) is 14.2 Å². The van der Waals surface area contributed by atoms with E-state index in [1.54, 1.807) is 30.3 Å². The van der Waals surface area contributed by atoms with Crippen molar-refractivity contribution in [1.29, 1.82) is 5.26 Å². The normalized spacial score (nSPS) is 10.7. The van der Waals surface area contributed by atoms with Gasteiger partial charge in [-0.1, -0.05) is 36.0 Å². The lowest BCUT2D eigenvalue weighted by Gasteiger charge is -2.22. The lowest BCUT2D eigenvalue weighted by molar-refractivity contribution is -0.116. The molecule has 1 aromatic heterocycles. The number of para-hydroxylation sites is 2. The van der Waals surface area contributed by atoms with E-state index in [1.165, 1.54) is 47.4 Å². The standard InChI is InChI=1S/C25H18F2N4O2S/c26-17-10-12-18(13-11-17)30(15-5-14-28)23(32)16-34-25-29-21-8-3-1-6-19(21)24(33)31(25)22-9-4-2-7-20(22)27/h1-4,6-13H,5,15-16H2. The van der Waals surface area contributed by atoms with Crippen molar-refractivity contribution < 1.29 is 13.6 Å². The Morgan fingerprint density at radius 1 is 1.03 bits per heavy atom. The Kier molecular flexibility index (Phi) is 6.99. The Morgan fingerprint density at radius 2 is 1.74 bits per heavy atom. The molecule has 0 spiro atoms. The number of carbonyl (C=O) groups excluding carboxylic acids is 1. The van der Waals surface area contributed by atoms with Gasteiger partial charge in [0.1, 0.15) is 11.6 Å². The third-order valence-corrected chi connectivity index (χ3v) is 5.97. The minimum absolute atomic E-state index is 0.0283. The van der Waals surface area contributed by atoms with E-state index in [2.05, 4.69) is 4.98 Å². The van der Waals surface area contributed by atoms with Crippen LogP contribution in [0.3, 0.4) is 0 Å². The largest absolute Gasteiger partial charge is 0.311 e. The molecule has 4 rings (SSSR count). The van der Waals surface area contributed by atoms with E-state index in [0.29, 0.717) is 16.6 Å². The number of thioether (sulfide) groups is 1. The van der Waals surface area contributed by atoms with Crippen LogP contribution in [0.1, 0.15) is 6.42 Å². The Bertz CT molecular complexity index is 1450. The number of nitriles is 1. The van der Waals surface area contributed by atoms with Gasteiger partial charge in [-0.05, 0) is 48.5 Å². The molecule has 0 N–H and O–H groups in total. The first-order valence-electron chi connectivity index (χ1n) is 10.3. The molecule has 170 valence electrons. The molecule has 0 fully saturated rings. The number of anilines is 1. The Morgan fingerprint density at radius 3 is 2.47 bits per heavy atom. The number of aromatic nitrogens is 2. The third-order valence-electron chi connectivity index (χ3n) is 5.05. The zero-order valence-electron chi connectivity index (χ0n) is 17.8. The van der Waals surface area contributed by atoms with Gasteiger partial charge in [-0.25, -0.2) is 13.8 Å². The van der Waals surface area contributed by atoms with Gasteiger partial charge in [0.05, 0.1) is 34.8 Å². The SMILES string of the molecule is N#CCCN(C(=O)CSc1nc2ccccc2c(=O)n1-c1ccccc1F)c1ccc(F)cc1. The van der Waals surface area contributed by atoms with Crippen LogP contribution in [0.15, 0.2) is 82.7 Å². The van der Waals surface area contributed by atoms with Crippen molar-refractivity contribution in [3.8, 4) is 11.8 Å². The highest BCUT2D eigenvalue weighted by atomic mass is 32.2. The molecule has 4 aromatic rings. The minimum atomic E-state index is -0.600. The Labute approximate surface area is 198 Å². The minimum Gasteiger partial charge on any atom is -0.311 e. The van der Waals surface area contributed by atoms with E-state index < -0.39 is 17.2 Å². The number of fused-ring (bicyclic) bond motifs is 1. The summed E-state index contributed by atoms with van der Waals surface area (Å²) in [6.45, 7) is 0.118. The van der Waals surface area contributed by atoms with Gasteiger partial charge in [-0.2, -0.15) is 5.26 Å². The van der Waals surface area contributed by atoms with Crippen molar-refractivity contribution in [3.05, 3.63) is 94.8 Å². The molecule has 0 radical (unpaired) electrons. The number of nitrogens with zero attached hydrogens (tertiary/aromatic N) is 4. The maximum Gasteiger partial charge on any atom is 0.266 e. The van der Waals surface area contributed by atoms with Crippen molar-refractivity contribution in [2.24, 2.45) is 0 Å². The summed E-state index contributed by atoms with van der Waals surface area (Å²) in [6, 6.07) is 19.9. The summed E-state index contributed by atoms with van der Waals surface area (Å²) >= 11 is 0.984. The molecule has 0 bridgehead atoms. The highest BCUT2D eigenvalue weighted by Gasteiger charge is 2.20. The number of benzene rings is 3. The molecule has 1 amide bonds. The van der Waals surface area contributed by atoms with Gasteiger partial charge in [-0.15, -0.1) is 0 Å². The average molecular weight is 477 g/mol. The fraction of sp³-hybridized carbons (Fsp3) is 0.120. The molecule has 1 heterocycles. The van der Waals surface area contributed by atoms with E-state index >= 15 is 0 Å². The lowest BCUT2D eigenvalue weighted by Crippen LogP contribution is -2.33. The summed E-state index contributed by atoms with van der Waals surface area (Å²) in [5.74, 6) is -1.55. The molecule has 0 unspecified atom stereocenters. The summed E-state index contributed by atoms with van der Waals surface area (Å²) < 4.78 is 29.1. The van der Waals surface area contributed by atoms with Crippen LogP contribution in [0.25, 0.3) is 16.6 Å². The van der Waals surface area contributed by atoms with Crippen molar-refractivity contribution in [1.82, 2.24) is 9.55 Å². The van der Waals surface area contributed by atoms with E-state index in [0.717, 1.165) is 16.3 Å². The maximum atomic E-state index is 14.6. The molecule has 0 aliphatic carbocycles. The van der Waals surface area contributed by atoms with Gasteiger partial charge in [0.25, 0.3) is 5.56 Å². The highest BCUT2D eigenvalue weighted by Crippen LogP contribution is 2.24. The molecule has 0 atom stereocenters. The zero-order chi connectivity index (χ0) is 24.1. The van der Waals surface area contributed by atoms with Crippen LogP contribution in [-0.4, -0.2) is 27.8 Å².